The van der Waals surface area contributed by atoms with E-state index in [1.807, 2.05) is 12.1 Å². The maximum absolute atomic E-state index is 11.4. The molecule has 2 heterocycles. The first kappa shape index (κ1) is 19.1. The van der Waals surface area contributed by atoms with Gasteiger partial charge in [-0.3, -0.25) is 0 Å². The molecule has 6 nitrogen and oxygen atoms in total. The smallest absolute Gasteiger partial charge is 0.335 e. The van der Waals surface area contributed by atoms with Crippen molar-refractivity contribution in [2.24, 2.45) is 5.92 Å². The number of pyridine rings is 1. The van der Waals surface area contributed by atoms with Crippen molar-refractivity contribution in [3.8, 4) is 0 Å². The molecule has 2 N–H and O–H groups in total. The molecule has 0 atom stereocenters. The number of carboxylic acid groups (broad SMARTS) is 1. The molecule has 0 aliphatic carbocycles. The zero-order chi connectivity index (χ0) is 20.5. The van der Waals surface area contributed by atoms with E-state index in [1.54, 1.807) is 36.5 Å². The van der Waals surface area contributed by atoms with Crippen LogP contribution in [0, 0.1) is 5.92 Å². The first-order valence-electron chi connectivity index (χ1n) is 9.26. The summed E-state index contributed by atoms with van der Waals surface area (Å²) in [6.45, 7) is 4.23. The van der Waals surface area contributed by atoms with Crippen LogP contribution in [0.15, 0.2) is 48.7 Å². The van der Waals surface area contributed by atoms with Gasteiger partial charge < -0.3 is 10.4 Å². The van der Waals surface area contributed by atoms with Gasteiger partial charge in [-0.25, -0.2) is 19.7 Å². The fourth-order valence-corrected chi connectivity index (χ4v) is 3.40. The van der Waals surface area contributed by atoms with Crippen molar-refractivity contribution in [3.63, 3.8) is 0 Å². The molecule has 0 radical (unpaired) electrons. The molecular weight excluding hydrogens is 388 g/mol. The zero-order valence-corrected chi connectivity index (χ0v) is 16.7. The lowest BCUT2D eigenvalue weighted by Gasteiger charge is -2.13. The van der Waals surface area contributed by atoms with Crippen LogP contribution >= 0.6 is 11.6 Å². The highest BCUT2D eigenvalue weighted by molar-refractivity contribution is 6.30. The summed E-state index contributed by atoms with van der Waals surface area (Å²) in [5.74, 6) is 0.694. The van der Waals surface area contributed by atoms with Crippen molar-refractivity contribution in [2.75, 3.05) is 5.32 Å². The minimum atomic E-state index is -0.998. The van der Waals surface area contributed by atoms with Gasteiger partial charge in [-0.15, -0.1) is 0 Å². The summed E-state index contributed by atoms with van der Waals surface area (Å²) < 4.78 is 0. The van der Waals surface area contributed by atoms with Crippen LogP contribution in [0.25, 0.3) is 21.8 Å². The average molecular weight is 407 g/mol. The number of hydrogen-bond donors (Lipinski definition) is 2. The van der Waals surface area contributed by atoms with Gasteiger partial charge in [-0.2, -0.15) is 0 Å². The number of nitrogens with zero attached hydrogens (tertiary/aromatic N) is 3. The van der Waals surface area contributed by atoms with Gasteiger partial charge in [0.15, 0.2) is 5.82 Å². The van der Waals surface area contributed by atoms with Crippen molar-refractivity contribution in [1.29, 1.82) is 0 Å². The third-order valence-electron chi connectivity index (χ3n) is 4.51. The number of aromatic nitrogens is 3. The Hall–Kier alpha value is -3.25. The first-order chi connectivity index (χ1) is 13.9. The minimum Gasteiger partial charge on any atom is -0.478 e. The molecular formula is C22H19ClN4O2. The van der Waals surface area contributed by atoms with E-state index in [0.717, 1.165) is 28.7 Å². The van der Waals surface area contributed by atoms with Crippen LogP contribution in [0.3, 0.4) is 0 Å². The Morgan fingerprint density at radius 2 is 1.97 bits per heavy atom. The Balaban J connectivity index is 1.95. The van der Waals surface area contributed by atoms with Crippen LogP contribution in [0.4, 0.5) is 11.5 Å². The number of halogens is 1. The topological polar surface area (TPSA) is 88.0 Å². The van der Waals surface area contributed by atoms with Gasteiger partial charge >= 0.3 is 5.97 Å². The second-order valence-electron chi connectivity index (χ2n) is 7.28. The molecule has 0 fully saturated rings. The van der Waals surface area contributed by atoms with Crippen LogP contribution in [0.1, 0.15) is 30.0 Å². The SMILES string of the molecule is CC(C)Cc1ncc2c(n1)c(Nc1cccc(Cl)c1)nc1cc(C(=O)O)ccc12. The predicted octanol–water partition coefficient (Wildman–Crippen LogP) is 5.47. The monoisotopic (exact) mass is 406 g/mol. The molecule has 4 rings (SSSR count). The molecule has 4 aromatic rings. The molecule has 2 aromatic heterocycles. The van der Waals surface area contributed by atoms with Crippen molar-refractivity contribution in [3.05, 3.63) is 65.1 Å². The maximum atomic E-state index is 11.4. The number of hydrogen-bond acceptors (Lipinski definition) is 5. The van der Waals surface area contributed by atoms with E-state index >= 15 is 0 Å². The fraction of sp³-hybridized carbons (Fsp3) is 0.182. The lowest BCUT2D eigenvalue weighted by molar-refractivity contribution is 0.0697. The highest BCUT2D eigenvalue weighted by atomic mass is 35.5. The highest BCUT2D eigenvalue weighted by Gasteiger charge is 2.14. The second-order valence-corrected chi connectivity index (χ2v) is 7.72. The molecule has 0 spiro atoms. The van der Waals surface area contributed by atoms with E-state index in [-0.39, 0.29) is 5.56 Å². The molecule has 0 saturated carbocycles. The summed E-state index contributed by atoms with van der Waals surface area (Å²) in [6.07, 6.45) is 2.54. The molecule has 0 unspecified atom stereocenters. The number of carboxylic acids is 1. The summed E-state index contributed by atoms with van der Waals surface area (Å²) >= 11 is 6.11. The van der Waals surface area contributed by atoms with E-state index in [0.29, 0.717) is 27.8 Å². The average Bonchev–Trinajstić information content (AvgIpc) is 2.67. The Morgan fingerprint density at radius 3 is 2.69 bits per heavy atom. The van der Waals surface area contributed by atoms with E-state index in [9.17, 15) is 9.90 Å². The Bertz CT molecular complexity index is 1240. The number of anilines is 2. The fourth-order valence-electron chi connectivity index (χ4n) is 3.21. The Kier molecular flexibility index (Phi) is 5.03. The van der Waals surface area contributed by atoms with Crippen LogP contribution in [-0.2, 0) is 6.42 Å². The molecule has 0 bridgehead atoms. The first-order valence-corrected chi connectivity index (χ1v) is 9.64. The van der Waals surface area contributed by atoms with Crippen LogP contribution in [0.2, 0.25) is 5.02 Å². The Labute approximate surface area is 172 Å². The summed E-state index contributed by atoms with van der Waals surface area (Å²) in [6, 6.07) is 12.2. The van der Waals surface area contributed by atoms with Crippen molar-refractivity contribution >= 4 is 50.9 Å². The third-order valence-corrected chi connectivity index (χ3v) is 4.74. The maximum Gasteiger partial charge on any atom is 0.335 e. The van der Waals surface area contributed by atoms with Crippen molar-refractivity contribution in [1.82, 2.24) is 15.0 Å². The van der Waals surface area contributed by atoms with Crippen LogP contribution in [-0.4, -0.2) is 26.0 Å². The van der Waals surface area contributed by atoms with Gasteiger partial charge in [0.1, 0.15) is 11.3 Å². The lowest BCUT2D eigenvalue weighted by Crippen LogP contribution is -2.04. The zero-order valence-electron chi connectivity index (χ0n) is 16.0. The minimum absolute atomic E-state index is 0.176. The van der Waals surface area contributed by atoms with E-state index < -0.39 is 5.97 Å². The van der Waals surface area contributed by atoms with Gasteiger partial charge in [0.25, 0.3) is 0 Å². The number of nitrogens with one attached hydrogen (secondary N) is 1. The molecule has 7 heteroatoms. The summed E-state index contributed by atoms with van der Waals surface area (Å²) in [5, 5.41) is 14.8. The van der Waals surface area contributed by atoms with E-state index in [4.69, 9.17) is 16.6 Å². The third kappa shape index (κ3) is 3.98. The van der Waals surface area contributed by atoms with Gasteiger partial charge in [0.2, 0.25) is 0 Å². The summed E-state index contributed by atoms with van der Waals surface area (Å²) in [5.41, 5.74) is 2.19. The number of rotatable bonds is 5. The highest BCUT2D eigenvalue weighted by Crippen LogP contribution is 2.31. The van der Waals surface area contributed by atoms with E-state index in [1.165, 1.54) is 0 Å². The molecule has 146 valence electrons. The van der Waals surface area contributed by atoms with Crippen molar-refractivity contribution < 1.29 is 9.90 Å². The van der Waals surface area contributed by atoms with Gasteiger partial charge in [-0.1, -0.05) is 37.6 Å². The predicted molar refractivity (Wildman–Crippen MR) is 115 cm³/mol. The number of carbonyl (C=O) groups is 1. The molecule has 0 saturated heterocycles. The summed E-state index contributed by atoms with van der Waals surface area (Å²) in [7, 11) is 0. The Morgan fingerprint density at radius 1 is 1.14 bits per heavy atom. The second kappa shape index (κ2) is 7.64. The largest absolute Gasteiger partial charge is 0.478 e. The molecule has 0 amide bonds. The molecule has 2 aromatic carbocycles. The van der Waals surface area contributed by atoms with Gasteiger partial charge in [-0.05, 0) is 36.2 Å². The normalized spacial score (nSPS) is 11.3. The van der Waals surface area contributed by atoms with Crippen LogP contribution < -0.4 is 5.32 Å². The molecule has 0 aliphatic rings. The van der Waals surface area contributed by atoms with Gasteiger partial charge in [0, 0.05) is 34.1 Å². The van der Waals surface area contributed by atoms with Gasteiger partial charge in [0.05, 0.1) is 11.1 Å². The number of benzene rings is 2. The number of fused-ring (bicyclic) bond motifs is 3. The quantitative estimate of drug-likeness (QED) is 0.427. The molecule has 0 aliphatic heterocycles. The number of aromatic carboxylic acids is 1. The standard InChI is InChI=1S/C22H19ClN4O2/c1-12(2)8-19-24-11-17-16-7-6-13(22(28)29)9-18(16)26-21(20(17)27-19)25-15-5-3-4-14(23)10-15/h3-7,9-12H,8H2,1-2H3,(H,25,26)(H,28,29). The van der Waals surface area contributed by atoms with Crippen molar-refractivity contribution in [2.45, 2.75) is 20.3 Å². The van der Waals surface area contributed by atoms with E-state index in [2.05, 4.69) is 29.1 Å². The van der Waals surface area contributed by atoms with Crippen LogP contribution in [0.5, 0.6) is 0 Å². The molecule has 29 heavy (non-hydrogen) atoms. The summed E-state index contributed by atoms with van der Waals surface area (Å²) in [4.78, 5) is 25.3. The lowest BCUT2D eigenvalue weighted by atomic mass is 10.1.